The van der Waals surface area contributed by atoms with Crippen molar-refractivity contribution in [2.24, 2.45) is 0 Å². The number of hydrogen-bond acceptors (Lipinski definition) is 4. The van der Waals surface area contributed by atoms with Crippen LogP contribution in [0.15, 0.2) is 60.8 Å². The minimum absolute atomic E-state index is 0.380. The first kappa shape index (κ1) is 17.9. The Hall–Kier alpha value is -2.96. The molecular formula is C24H22BN3O2. The number of rotatable bonds is 1. The second-order valence-electron chi connectivity index (χ2n) is 9.02. The molecule has 5 aromatic rings. The highest BCUT2D eigenvalue weighted by Crippen LogP contribution is 2.37. The monoisotopic (exact) mass is 395 g/mol. The number of hydrogen-bond donors (Lipinski definition) is 0. The Morgan fingerprint density at radius 2 is 1.57 bits per heavy atom. The largest absolute Gasteiger partial charge is 0.494 e. The van der Waals surface area contributed by atoms with Gasteiger partial charge in [0.05, 0.1) is 33.3 Å². The fourth-order valence-electron chi connectivity index (χ4n) is 4.31. The molecule has 1 fully saturated rings. The summed E-state index contributed by atoms with van der Waals surface area (Å²) in [6.45, 7) is 8.30. The Morgan fingerprint density at radius 1 is 0.833 bits per heavy atom. The standard InChI is InChI=1S/C24H22BN3O2/c1-23(2)24(3,4)30-25(29-23)15-11-12-16-17(14-15)22-27-18-8-5-6-9-19(18)28(22)20-10-7-13-26-21(16)20/h5-14H,1-4H3. The Labute approximate surface area is 174 Å². The van der Waals surface area contributed by atoms with E-state index < -0.39 is 7.12 Å². The van der Waals surface area contributed by atoms with E-state index in [9.17, 15) is 0 Å². The minimum Gasteiger partial charge on any atom is -0.399 e. The van der Waals surface area contributed by atoms with E-state index in [-0.39, 0.29) is 11.2 Å². The van der Waals surface area contributed by atoms with Crippen molar-refractivity contribution in [3.8, 4) is 0 Å². The Bertz CT molecular complexity index is 1460. The predicted octanol–water partition coefficient (Wildman–Crippen LogP) is 4.49. The number of imidazole rings is 1. The van der Waals surface area contributed by atoms with Crippen molar-refractivity contribution in [2.45, 2.75) is 38.9 Å². The van der Waals surface area contributed by atoms with E-state index in [1.807, 2.05) is 24.4 Å². The van der Waals surface area contributed by atoms with Crippen LogP contribution in [0.3, 0.4) is 0 Å². The molecule has 1 saturated heterocycles. The van der Waals surface area contributed by atoms with Gasteiger partial charge in [0.2, 0.25) is 0 Å². The quantitative estimate of drug-likeness (QED) is 0.310. The molecule has 0 bridgehead atoms. The van der Waals surface area contributed by atoms with Gasteiger partial charge in [-0.25, -0.2) is 4.98 Å². The van der Waals surface area contributed by atoms with Gasteiger partial charge in [-0.2, -0.15) is 0 Å². The van der Waals surface area contributed by atoms with Crippen LogP contribution in [-0.4, -0.2) is 32.7 Å². The zero-order chi connectivity index (χ0) is 20.7. The summed E-state index contributed by atoms with van der Waals surface area (Å²) in [6.07, 6.45) is 1.84. The summed E-state index contributed by atoms with van der Waals surface area (Å²) in [5, 5.41) is 2.12. The SMILES string of the molecule is CC1(C)OB(c2ccc3c(c2)c2nc4ccccc4n2c2cccnc32)OC1(C)C. The van der Waals surface area contributed by atoms with E-state index in [1.165, 1.54) is 0 Å². The van der Waals surface area contributed by atoms with Crippen LogP contribution in [0.25, 0.3) is 38.5 Å². The topological polar surface area (TPSA) is 48.7 Å². The second kappa shape index (κ2) is 5.81. The molecule has 3 aromatic heterocycles. The first-order valence-corrected chi connectivity index (χ1v) is 10.3. The lowest BCUT2D eigenvalue weighted by molar-refractivity contribution is 0.00578. The van der Waals surface area contributed by atoms with Gasteiger partial charge in [0, 0.05) is 17.0 Å². The average molecular weight is 395 g/mol. The van der Waals surface area contributed by atoms with Gasteiger partial charge < -0.3 is 9.31 Å². The highest BCUT2D eigenvalue weighted by atomic mass is 16.7. The number of aromatic nitrogens is 3. The van der Waals surface area contributed by atoms with Crippen LogP contribution in [0.5, 0.6) is 0 Å². The van der Waals surface area contributed by atoms with Gasteiger partial charge in [0.25, 0.3) is 0 Å². The Kier molecular flexibility index (Phi) is 3.46. The van der Waals surface area contributed by atoms with Crippen molar-refractivity contribution in [2.75, 3.05) is 0 Å². The third-order valence-electron chi connectivity index (χ3n) is 6.65. The van der Waals surface area contributed by atoms with Gasteiger partial charge in [-0.05, 0) is 57.4 Å². The van der Waals surface area contributed by atoms with Crippen molar-refractivity contribution in [3.63, 3.8) is 0 Å². The van der Waals surface area contributed by atoms with Gasteiger partial charge >= 0.3 is 7.12 Å². The molecule has 6 heteroatoms. The highest BCUT2D eigenvalue weighted by molar-refractivity contribution is 6.62. The number of nitrogens with zero attached hydrogens (tertiary/aromatic N) is 3. The van der Waals surface area contributed by atoms with Gasteiger partial charge in [-0.1, -0.05) is 30.3 Å². The fourth-order valence-corrected chi connectivity index (χ4v) is 4.31. The molecule has 0 N–H and O–H groups in total. The number of fused-ring (bicyclic) bond motifs is 8. The van der Waals surface area contributed by atoms with E-state index in [0.717, 1.165) is 43.9 Å². The Morgan fingerprint density at radius 3 is 2.37 bits per heavy atom. The summed E-state index contributed by atoms with van der Waals surface area (Å²) in [5.74, 6) is 0. The van der Waals surface area contributed by atoms with Crippen molar-refractivity contribution >= 4 is 51.1 Å². The maximum absolute atomic E-state index is 6.29. The van der Waals surface area contributed by atoms with Crippen LogP contribution in [0.2, 0.25) is 0 Å². The summed E-state index contributed by atoms with van der Waals surface area (Å²) in [5.41, 5.74) is 5.21. The molecule has 0 spiro atoms. The molecule has 1 aliphatic heterocycles. The fraction of sp³-hybridized carbons (Fsp3) is 0.250. The molecule has 0 atom stereocenters. The first-order valence-electron chi connectivity index (χ1n) is 10.3. The van der Waals surface area contributed by atoms with E-state index in [2.05, 4.69) is 68.5 Å². The van der Waals surface area contributed by atoms with Crippen LogP contribution in [0.4, 0.5) is 0 Å². The molecule has 4 heterocycles. The van der Waals surface area contributed by atoms with E-state index in [1.54, 1.807) is 0 Å². The molecule has 0 unspecified atom stereocenters. The normalized spacial score (nSPS) is 18.2. The van der Waals surface area contributed by atoms with Crippen LogP contribution in [0, 0.1) is 0 Å². The zero-order valence-corrected chi connectivity index (χ0v) is 17.5. The molecule has 0 aliphatic carbocycles. The summed E-state index contributed by atoms with van der Waals surface area (Å²) in [7, 11) is -0.414. The lowest BCUT2D eigenvalue weighted by atomic mass is 9.78. The van der Waals surface area contributed by atoms with Gasteiger partial charge in [0.1, 0.15) is 5.65 Å². The lowest BCUT2D eigenvalue weighted by Gasteiger charge is -2.32. The smallest absolute Gasteiger partial charge is 0.399 e. The van der Waals surface area contributed by atoms with Crippen LogP contribution >= 0.6 is 0 Å². The molecule has 0 amide bonds. The minimum atomic E-state index is -0.414. The third-order valence-corrected chi connectivity index (χ3v) is 6.65. The van der Waals surface area contributed by atoms with E-state index >= 15 is 0 Å². The number of pyridine rings is 2. The summed E-state index contributed by atoms with van der Waals surface area (Å²) in [6, 6.07) is 18.6. The van der Waals surface area contributed by atoms with Gasteiger partial charge in [-0.3, -0.25) is 9.38 Å². The lowest BCUT2D eigenvalue weighted by Crippen LogP contribution is -2.41. The average Bonchev–Trinajstić information content (AvgIpc) is 3.22. The first-order chi connectivity index (χ1) is 14.4. The number of benzene rings is 2. The van der Waals surface area contributed by atoms with Crippen molar-refractivity contribution < 1.29 is 9.31 Å². The number of para-hydroxylation sites is 2. The van der Waals surface area contributed by atoms with Crippen molar-refractivity contribution in [3.05, 3.63) is 60.8 Å². The maximum Gasteiger partial charge on any atom is 0.494 e. The zero-order valence-electron chi connectivity index (χ0n) is 17.5. The molecule has 0 saturated carbocycles. The third kappa shape index (κ3) is 2.32. The maximum atomic E-state index is 6.29. The highest BCUT2D eigenvalue weighted by Gasteiger charge is 2.51. The van der Waals surface area contributed by atoms with Crippen LogP contribution < -0.4 is 5.46 Å². The predicted molar refractivity (Wildman–Crippen MR) is 121 cm³/mol. The van der Waals surface area contributed by atoms with Crippen molar-refractivity contribution in [1.82, 2.24) is 14.4 Å². The summed E-state index contributed by atoms with van der Waals surface area (Å²) < 4.78 is 14.8. The molecule has 30 heavy (non-hydrogen) atoms. The van der Waals surface area contributed by atoms with Crippen LogP contribution in [0.1, 0.15) is 27.7 Å². The van der Waals surface area contributed by atoms with Gasteiger partial charge in [-0.15, -0.1) is 0 Å². The molecule has 0 radical (unpaired) electrons. The molecule has 2 aromatic carbocycles. The second-order valence-corrected chi connectivity index (χ2v) is 9.02. The van der Waals surface area contributed by atoms with E-state index in [0.29, 0.717) is 0 Å². The molecule has 5 nitrogen and oxygen atoms in total. The summed E-state index contributed by atoms with van der Waals surface area (Å²) in [4.78, 5) is 9.68. The molecule has 6 rings (SSSR count). The summed E-state index contributed by atoms with van der Waals surface area (Å²) >= 11 is 0. The molecule has 1 aliphatic rings. The molecule has 148 valence electrons. The van der Waals surface area contributed by atoms with E-state index in [4.69, 9.17) is 19.3 Å². The molecular weight excluding hydrogens is 373 g/mol. The van der Waals surface area contributed by atoms with Crippen molar-refractivity contribution in [1.29, 1.82) is 0 Å². The Balaban J connectivity index is 1.68. The van der Waals surface area contributed by atoms with Gasteiger partial charge in [0.15, 0.2) is 0 Å². The van der Waals surface area contributed by atoms with Crippen LogP contribution in [-0.2, 0) is 9.31 Å².